The molecule has 0 bridgehead atoms. The number of hydrogen-bond donors (Lipinski definition) is 2. The predicted octanol–water partition coefficient (Wildman–Crippen LogP) is 3.43. The third-order valence-corrected chi connectivity index (χ3v) is 6.42. The van der Waals surface area contributed by atoms with Gasteiger partial charge >= 0.3 is 0 Å². The number of pyridine rings is 1. The highest BCUT2D eigenvalue weighted by Crippen LogP contribution is 2.39. The van der Waals surface area contributed by atoms with Gasteiger partial charge in [0.1, 0.15) is 11.9 Å². The fourth-order valence-electron chi connectivity index (χ4n) is 4.61. The third kappa shape index (κ3) is 4.55. The fourth-order valence-corrected chi connectivity index (χ4v) is 4.61. The minimum Gasteiger partial charge on any atom is -0.379 e. The Kier molecular flexibility index (Phi) is 6.07. The van der Waals surface area contributed by atoms with Gasteiger partial charge in [0, 0.05) is 57.9 Å². The van der Waals surface area contributed by atoms with Crippen LogP contribution in [0, 0.1) is 12.8 Å². The molecule has 1 aliphatic heterocycles. The van der Waals surface area contributed by atoms with E-state index in [0.717, 1.165) is 11.3 Å². The Bertz CT molecular complexity index is 995. The number of aryl methyl sites for hydroxylation is 1. The lowest BCUT2D eigenvalue weighted by Gasteiger charge is -2.38. The first-order valence-electron chi connectivity index (χ1n) is 10.9. The molecule has 174 valence electrons. The standard InChI is InChI=1S/C22H30F2N6O2/c1-13-19-17(29(3)20(14(2)32-4)21(31)28-19)7-18(27-13)25-9-16-10-26-30(12-16)11-15-5-6-22(23,24)8-15/h7,10,12,14-15,20H,5-6,8-9,11H2,1-4H3,(H,25,27)(H,28,31)/t14-,15-,20?/m1/s1. The topological polar surface area (TPSA) is 84.3 Å². The van der Waals surface area contributed by atoms with Crippen molar-refractivity contribution in [2.45, 2.75) is 64.3 Å². The van der Waals surface area contributed by atoms with Crippen molar-refractivity contribution < 1.29 is 18.3 Å². The van der Waals surface area contributed by atoms with E-state index >= 15 is 0 Å². The van der Waals surface area contributed by atoms with Gasteiger partial charge in [-0.3, -0.25) is 9.48 Å². The zero-order valence-electron chi connectivity index (χ0n) is 18.9. The number of carbonyl (C=O) groups is 1. The van der Waals surface area contributed by atoms with Gasteiger partial charge in [0.05, 0.1) is 29.4 Å². The van der Waals surface area contributed by atoms with Crippen molar-refractivity contribution in [2.75, 3.05) is 29.7 Å². The predicted molar refractivity (Wildman–Crippen MR) is 118 cm³/mol. The average Bonchev–Trinajstić information content (AvgIpc) is 3.32. The number of rotatable bonds is 7. The molecule has 3 atom stereocenters. The number of hydrogen-bond acceptors (Lipinski definition) is 6. The van der Waals surface area contributed by atoms with Crippen molar-refractivity contribution in [3.63, 3.8) is 0 Å². The Balaban J connectivity index is 1.43. The maximum absolute atomic E-state index is 13.4. The summed E-state index contributed by atoms with van der Waals surface area (Å²) in [6.45, 7) is 4.73. The molecular formula is C22H30F2N6O2. The van der Waals surface area contributed by atoms with E-state index in [1.165, 1.54) is 0 Å². The molecule has 32 heavy (non-hydrogen) atoms. The highest BCUT2D eigenvalue weighted by atomic mass is 19.3. The number of anilines is 3. The summed E-state index contributed by atoms with van der Waals surface area (Å²) in [5.74, 6) is -2.02. The van der Waals surface area contributed by atoms with Crippen molar-refractivity contribution in [2.24, 2.45) is 5.92 Å². The monoisotopic (exact) mass is 448 g/mol. The maximum Gasteiger partial charge on any atom is 0.249 e. The lowest BCUT2D eigenvalue weighted by Crippen LogP contribution is -2.52. The van der Waals surface area contributed by atoms with E-state index in [2.05, 4.69) is 20.7 Å². The Morgan fingerprint density at radius 1 is 1.44 bits per heavy atom. The van der Waals surface area contributed by atoms with E-state index in [0.29, 0.717) is 36.7 Å². The van der Waals surface area contributed by atoms with E-state index < -0.39 is 12.0 Å². The van der Waals surface area contributed by atoms with Gasteiger partial charge in [0.25, 0.3) is 0 Å². The molecule has 8 nitrogen and oxygen atoms in total. The van der Waals surface area contributed by atoms with E-state index in [1.54, 1.807) is 18.0 Å². The van der Waals surface area contributed by atoms with Crippen LogP contribution in [-0.4, -0.2) is 52.9 Å². The summed E-state index contributed by atoms with van der Waals surface area (Å²) in [5, 5.41) is 10.6. The first-order chi connectivity index (χ1) is 15.2. The summed E-state index contributed by atoms with van der Waals surface area (Å²) in [6.07, 6.45) is 3.79. The molecular weight excluding hydrogens is 418 g/mol. The molecule has 2 aliphatic rings. The number of ether oxygens (including phenoxy) is 1. The molecule has 0 spiro atoms. The molecule has 0 radical (unpaired) electrons. The third-order valence-electron chi connectivity index (χ3n) is 6.42. The van der Waals surface area contributed by atoms with E-state index in [4.69, 9.17) is 4.74 Å². The van der Waals surface area contributed by atoms with Crippen LogP contribution in [0.15, 0.2) is 18.5 Å². The Morgan fingerprint density at radius 2 is 2.22 bits per heavy atom. The first kappa shape index (κ1) is 22.4. The van der Waals surface area contributed by atoms with Crippen LogP contribution >= 0.6 is 0 Å². The van der Waals surface area contributed by atoms with Gasteiger partial charge in [-0.25, -0.2) is 13.8 Å². The minimum absolute atomic E-state index is 0.0321. The molecule has 1 fully saturated rings. The number of nitrogens with one attached hydrogen (secondary N) is 2. The van der Waals surface area contributed by atoms with Gasteiger partial charge in [0.15, 0.2) is 0 Å². The number of nitrogens with zero attached hydrogens (tertiary/aromatic N) is 4. The van der Waals surface area contributed by atoms with E-state index in [9.17, 15) is 13.6 Å². The summed E-state index contributed by atoms with van der Waals surface area (Å²) in [6, 6.07) is 1.46. The van der Waals surface area contributed by atoms with Crippen LogP contribution in [0.4, 0.5) is 26.0 Å². The summed E-state index contributed by atoms with van der Waals surface area (Å²) in [5.41, 5.74) is 3.22. The SMILES string of the molecule is CO[C@H](C)C1C(=O)Nc2c(cc(NCc3cnn(C[C@@H]4CCC(F)(F)C4)c3)nc2C)N1C. The molecule has 1 saturated carbocycles. The zero-order valence-corrected chi connectivity index (χ0v) is 18.9. The number of carbonyl (C=O) groups excluding carboxylic acids is 1. The fraction of sp³-hybridized carbons (Fsp3) is 0.591. The summed E-state index contributed by atoms with van der Waals surface area (Å²) in [7, 11) is 3.46. The maximum atomic E-state index is 13.4. The van der Waals surface area contributed by atoms with E-state index in [-0.39, 0.29) is 30.8 Å². The molecule has 2 aromatic heterocycles. The molecule has 3 heterocycles. The Labute approximate surface area is 186 Å². The van der Waals surface area contributed by atoms with Gasteiger partial charge in [0.2, 0.25) is 11.8 Å². The van der Waals surface area contributed by atoms with E-state index in [1.807, 2.05) is 38.1 Å². The number of alkyl halides is 2. The minimum atomic E-state index is -2.54. The number of fused-ring (bicyclic) bond motifs is 1. The molecule has 2 N–H and O–H groups in total. The van der Waals surface area contributed by atoms with Crippen LogP contribution in [0.1, 0.15) is 37.4 Å². The molecule has 2 aromatic rings. The molecule has 1 amide bonds. The van der Waals surface area contributed by atoms with Crippen molar-refractivity contribution in [3.05, 3.63) is 29.7 Å². The van der Waals surface area contributed by atoms with Crippen molar-refractivity contribution in [1.29, 1.82) is 0 Å². The Morgan fingerprint density at radius 3 is 2.91 bits per heavy atom. The molecule has 1 aliphatic carbocycles. The number of amides is 1. The molecule has 4 rings (SSSR count). The molecule has 10 heteroatoms. The zero-order chi connectivity index (χ0) is 23.0. The summed E-state index contributed by atoms with van der Waals surface area (Å²) < 4.78 is 34.0. The second kappa shape index (κ2) is 8.65. The quantitative estimate of drug-likeness (QED) is 0.675. The van der Waals surface area contributed by atoms with Crippen molar-refractivity contribution in [3.8, 4) is 0 Å². The number of halogens is 2. The van der Waals surface area contributed by atoms with Gasteiger partial charge < -0.3 is 20.3 Å². The Hall–Kier alpha value is -2.75. The highest BCUT2D eigenvalue weighted by Gasteiger charge is 2.39. The molecule has 0 aromatic carbocycles. The van der Waals surface area contributed by atoms with Gasteiger partial charge in [-0.05, 0) is 26.2 Å². The van der Waals surface area contributed by atoms with Crippen LogP contribution < -0.4 is 15.5 Å². The number of methoxy groups -OCH3 is 1. The summed E-state index contributed by atoms with van der Waals surface area (Å²) in [4.78, 5) is 19.0. The van der Waals surface area contributed by atoms with Gasteiger partial charge in [-0.15, -0.1) is 0 Å². The lowest BCUT2D eigenvalue weighted by molar-refractivity contribution is -0.120. The van der Waals surface area contributed by atoms with Gasteiger partial charge in [-0.1, -0.05) is 0 Å². The first-order valence-corrected chi connectivity index (χ1v) is 10.9. The van der Waals surface area contributed by atoms with Crippen LogP contribution in [0.3, 0.4) is 0 Å². The normalized spacial score (nSPS) is 23.1. The molecule has 1 unspecified atom stereocenters. The lowest BCUT2D eigenvalue weighted by atomic mass is 10.0. The van der Waals surface area contributed by atoms with Crippen LogP contribution in [0.25, 0.3) is 0 Å². The van der Waals surface area contributed by atoms with Crippen LogP contribution in [0.2, 0.25) is 0 Å². The smallest absolute Gasteiger partial charge is 0.249 e. The average molecular weight is 449 g/mol. The molecule has 0 saturated heterocycles. The number of aromatic nitrogens is 3. The number of likely N-dealkylation sites (N-methyl/N-ethyl adjacent to an activating group) is 1. The second-order valence-corrected chi connectivity index (χ2v) is 8.86. The van der Waals surface area contributed by atoms with Crippen molar-refractivity contribution in [1.82, 2.24) is 14.8 Å². The summed E-state index contributed by atoms with van der Waals surface area (Å²) >= 11 is 0. The second-order valence-electron chi connectivity index (χ2n) is 8.86. The largest absolute Gasteiger partial charge is 0.379 e. The highest BCUT2D eigenvalue weighted by molar-refractivity contribution is 6.04. The van der Waals surface area contributed by atoms with Crippen molar-refractivity contribution >= 4 is 23.1 Å². The van der Waals surface area contributed by atoms with Gasteiger partial charge in [-0.2, -0.15) is 5.10 Å². The van der Waals surface area contributed by atoms with Crippen LogP contribution in [0.5, 0.6) is 0 Å². The van der Waals surface area contributed by atoms with Crippen LogP contribution in [-0.2, 0) is 22.6 Å².